The van der Waals surface area contributed by atoms with Gasteiger partial charge in [-0.2, -0.15) is 0 Å². The van der Waals surface area contributed by atoms with Crippen molar-refractivity contribution in [3.05, 3.63) is 29.3 Å². The Hall–Kier alpha value is -2.19. The van der Waals surface area contributed by atoms with Crippen LogP contribution in [0.1, 0.15) is 19.8 Å². The Balaban J connectivity index is 1.67. The van der Waals surface area contributed by atoms with Crippen LogP contribution in [0.3, 0.4) is 0 Å². The molecule has 3 rings (SSSR count). The van der Waals surface area contributed by atoms with Crippen molar-refractivity contribution in [3.8, 4) is 10.6 Å². The van der Waals surface area contributed by atoms with Gasteiger partial charge in [0, 0.05) is 23.7 Å². The zero-order valence-corrected chi connectivity index (χ0v) is 15.2. The van der Waals surface area contributed by atoms with E-state index in [9.17, 15) is 9.59 Å². The Morgan fingerprint density at radius 3 is 2.80 bits per heavy atom. The van der Waals surface area contributed by atoms with E-state index >= 15 is 0 Å². The number of nitrogens with zero attached hydrogens (tertiary/aromatic N) is 3. The van der Waals surface area contributed by atoms with E-state index in [1.165, 1.54) is 11.3 Å². The number of anilines is 1. The average molecular weight is 380 g/mol. The molecule has 2 heterocycles. The summed E-state index contributed by atoms with van der Waals surface area (Å²) in [6, 6.07) is 6.57. The number of hydrogen-bond donors (Lipinski definition) is 2. The van der Waals surface area contributed by atoms with Gasteiger partial charge in [0.2, 0.25) is 11.0 Å². The number of amides is 3. The molecule has 0 saturated carbocycles. The third-order valence-corrected chi connectivity index (χ3v) is 5.03. The van der Waals surface area contributed by atoms with Gasteiger partial charge in [-0.05, 0) is 31.9 Å². The monoisotopic (exact) mass is 379 g/mol. The molecule has 3 amide bonds. The Morgan fingerprint density at radius 2 is 2.08 bits per heavy atom. The Morgan fingerprint density at radius 1 is 1.32 bits per heavy atom. The van der Waals surface area contributed by atoms with E-state index in [0.717, 1.165) is 12.0 Å². The molecule has 0 bridgehead atoms. The first-order valence-corrected chi connectivity index (χ1v) is 9.22. The van der Waals surface area contributed by atoms with Crippen molar-refractivity contribution in [1.29, 1.82) is 0 Å². The zero-order valence-electron chi connectivity index (χ0n) is 13.7. The summed E-state index contributed by atoms with van der Waals surface area (Å²) >= 11 is 7.16. The number of nitrogens with one attached hydrogen (secondary N) is 2. The van der Waals surface area contributed by atoms with Crippen LogP contribution in [0.4, 0.5) is 9.93 Å². The van der Waals surface area contributed by atoms with Gasteiger partial charge in [-0.15, -0.1) is 10.2 Å². The van der Waals surface area contributed by atoms with E-state index in [-0.39, 0.29) is 11.9 Å². The molecule has 0 spiro atoms. The lowest BCUT2D eigenvalue weighted by molar-refractivity contribution is -0.119. The first-order valence-electron chi connectivity index (χ1n) is 8.03. The standard InChI is InChI=1S/C16H18ClN5O2S/c1-2-18-16(24)22-9-3-4-12(22)13(23)19-15-21-20-14(25-15)10-5-7-11(17)8-6-10/h5-8,12H,2-4,9H2,1H3,(H,18,24)(H,19,21,23). The van der Waals surface area contributed by atoms with Gasteiger partial charge in [-0.3, -0.25) is 10.1 Å². The maximum Gasteiger partial charge on any atom is 0.318 e. The van der Waals surface area contributed by atoms with Gasteiger partial charge in [-0.1, -0.05) is 35.1 Å². The number of carbonyl (C=O) groups excluding carboxylic acids is 2. The summed E-state index contributed by atoms with van der Waals surface area (Å²) in [5.41, 5.74) is 0.882. The number of rotatable bonds is 4. The molecule has 7 nitrogen and oxygen atoms in total. The average Bonchev–Trinajstić information content (AvgIpc) is 3.25. The summed E-state index contributed by atoms with van der Waals surface area (Å²) in [5, 5.41) is 15.4. The molecule has 1 saturated heterocycles. The predicted molar refractivity (Wildman–Crippen MR) is 97.8 cm³/mol. The largest absolute Gasteiger partial charge is 0.338 e. The third kappa shape index (κ3) is 4.08. The number of aromatic nitrogens is 2. The van der Waals surface area contributed by atoms with Gasteiger partial charge in [0.25, 0.3) is 0 Å². The van der Waals surface area contributed by atoms with Crippen molar-refractivity contribution in [2.75, 3.05) is 18.4 Å². The lowest BCUT2D eigenvalue weighted by Gasteiger charge is -2.23. The molecule has 1 fully saturated rings. The summed E-state index contributed by atoms with van der Waals surface area (Å²) in [5.74, 6) is -0.234. The van der Waals surface area contributed by atoms with Crippen LogP contribution in [-0.4, -0.2) is 46.2 Å². The number of hydrogen-bond acceptors (Lipinski definition) is 5. The van der Waals surface area contributed by atoms with Crippen molar-refractivity contribution < 1.29 is 9.59 Å². The molecule has 132 valence electrons. The summed E-state index contributed by atoms with van der Waals surface area (Å²) in [7, 11) is 0. The molecule has 1 aliphatic rings. The Bertz CT molecular complexity index is 764. The van der Waals surface area contributed by atoms with Crippen LogP contribution in [0.15, 0.2) is 24.3 Å². The lowest BCUT2D eigenvalue weighted by atomic mass is 10.2. The molecule has 2 aromatic rings. The highest BCUT2D eigenvalue weighted by Crippen LogP contribution is 2.28. The highest BCUT2D eigenvalue weighted by molar-refractivity contribution is 7.18. The van der Waals surface area contributed by atoms with Crippen molar-refractivity contribution >= 4 is 40.0 Å². The maximum atomic E-state index is 12.5. The van der Waals surface area contributed by atoms with Crippen molar-refractivity contribution in [2.45, 2.75) is 25.8 Å². The molecule has 0 radical (unpaired) electrons. The predicted octanol–water partition coefficient (Wildman–Crippen LogP) is 2.99. The van der Waals surface area contributed by atoms with Gasteiger partial charge in [0.05, 0.1) is 0 Å². The van der Waals surface area contributed by atoms with Gasteiger partial charge < -0.3 is 10.2 Å². The first kappa shape index (κ1) is 17.6. The number of urea groups is 1. The van der Waals surface area contributed by atoms with Gasteiger partial charge in [-0.25, -0.2) is 4.79 Å². The quantitative estimate of drug-likeness (QED) is 0.854. The van der Waals surface area contributed by atoms with E-state index < -0.39 is 6.04 Å². The fourth-order valence-electron chi connectivity index (χ4n) is 2.71. The molecule has 2 N–H and O–H groups in total. The van der Waals surface area contributed by atoms with Crippen LogP contribution in [-0.2, 0) is 4.79 Å². The second kappa shape index (κ2) is 7.79. The highest BCUT2D eigenvalue weighted by atomic mass is 35.5. The van der Waals surface area contributed by atoms with Crippen LogP contribution >= 0.6 is 22.9 Å². The topological polar surface area (TPSA) is 87.2 Å². The second-order valence-corrected chi connectivity index (χ2v) is 7.01. The SMILES string of the molecule is CCNC(=O)N1CCCC1C(=O)Nc1nnc(-c2ccc(Cl)cc2)s1. The molecule has 25 heavy (non-hydrogen) atoms. The van der Waals surface area contributed by atoms with Crippen LogP contribution in [0, 0.1) is 0 Å². The van der Waals surface area contributed by atoms with Crippen LogP contribution in [0.5, 0.6) is 0 Å². The minimum atomic E-state index is -0.477. The number of likely N-dealkylation sites (tertiary alicyclic amines) is 1. The second-order valence-electron chi connectivity index (χ2n) is 5.60. The van der Waals surface area contributed by atoms with E-state index in [1.807, 2.05) is 19.1 Å². The van der Waals surface area contributed by atoms with E-state index in [2.05, 4.69) is 20.8 Å². The smallest absolute Gasteiger partial charge is 0.318 e. The minimum absolute atomic E-state index is 0.209. The normalized spacial score (nSPS) is 16.7. The van der Waals surface area contributed by atoms with Gasteiger partial charge in [0.15, 0.2) is 0 Å². The minimum Gasteiger partial charge on any atom is -0.338 e. The molecule has 1 unspecified atom stereocenters. The molecule has 1 aromatic heterocycles. The molecule has 1 aromatic carbocycles. The van der Waals surface area contributed by atoms with Crippen LogP contribution in [0.2, 0.25) is 5.02 Å². The summed E-state index contributed by atoms with van der Waals surface area (Å²) in [6.07, 6.45) is 1.45. The van der Waals surface area contributed by atoms with Gasteiger partial charge in [0.1, 0.15) is 11.0 Å². The highest BCUT2D eigenvalue weighted by Gasteiger charge is 2.34. The fourth-order valence-corrected chi connectivity index (χ4v) is 3.58. The van der Waals surface area contributed by atoms with Gasteiger partial charge >= 0.3 is 6.03 Å². The van der Waals surface area contributed by atoms with Crippen molar-refractivity contribution in [1.82, 2.24) is 20.4 Å². The van der Waals surface area contributed by atoms with Crippen molar-refractivity contribution in [2.24, 2.45) is 0 Å². The summed E-state index contributed by atoms with van der Waals surface area (Å²) in [6.45, 7) is 2.96. The fraction of sp³-hybridized carbons (Fsp3) is 0.375. The number of carbonyl (C=O) groups is 2. The molecule has 1 aliphatic heterocycles. The number of benzene rings is 1. The van der Waals surface area contributed by atoms with E-state index in [1.54, 1.807) is 17.0 Å². The maximum absolute atomic E-state index is 12.5. The third-order valence-electron chi connectivity index (χ3n) is 3.89. The van der Waals surface area contributed by atoms with Crippen molar-refractivity contribution in [3.63, 3.8) is 0 Å². The Kier molecular flexibility index (Phi) is 5.50. The molecular weight excluding hydrogens is 362 g/mol. The summed E-state index contributed by atoms with van der Waals surface area (Å²) < 4.78 is 0. The molecule has 9 heteroatoms. The molecule has 1 atom stereocenters. The molecule has 0 aliphatic carbocycles. The van der Waals surface area contributed by atoms with E-state index in [0.29, 0.717) is 34.7 Å². The van der Waals surface area contributed by atoms with E-state index in [4.69, 9.17) is 11.6 Å². The van der Waals surface area contributed by atoms with Crippen LogP contribution < -0.4 is 10.6 Å². The lowest BCUT2D eigenvalue weighted by Crippen LogP contribution is -2.47. The number of halogens is 1. The first-order chi connectivity index (χ1) is 12.1. The zero-order chi connectivity index (χ0) is 17.8. The van der Waals surface area contributed by atoms with Crippen LogP contribution in [0.25, 0.3) is 10.6 Å². The molecular formula is C16H18ClN5O2S. The summed E-state index contributed by atoms with van der Waals surface area (Å²) in [4.78, 5) is 26.1. The Labute approximate surface area is 154 Å².